The van der Waals surface area contributed by atoms with E-state index in [-0.39, 0.29) is 12.0 Å². The summed E-state index contributed by atoms with van der Waals surface area (Å²) in [5, 5.41) is 0. The topological polar surface area (TPSA) is 52.3 Å². The van der Waals surface area contributed by atoms with E-state index in [4.69, 9.17) is 10.5 Å². The number of hydrogen-bond acceptors (Lipinski definition) is 4. The molecule has 0 spiro atoms. The summed E-state index contributed by atoms with van der Waals surface area (Å²) in [5.41, 5.74) is 5.60. The van der Waals surface area contributed by atoms with Crippen LogP contribution in [0.1, 0.15) is 43.0 Å². The van der Waals surface area contributed by atoms with Gasteiger partial charge in [0.15, 0.2) is 0 Å². The molecule has 0 bridgehead atoms. The van der Waals surface area contributed by atoms with Gasteiger partial charge in [0.05, 0.1) is 12.0 Å². The number of ether oxygens (including phenoxy) is 1. The molecular weight excluding hydrogens is 234 g/mol. The van der Waals surface area contributed by atoms with Crippen LogP contribution in [0, 0.1) is 12.3 Å². The lowest BCUT2D eigenvalue weighted by atomic mass is 9.85. The van der Waals surface area contributed by atoms with Crippen LogP contribution < -0.4 is 5.73 Å². The zero-order chi connectivity index (χ0) is 13.1. The molecule has 0 fully saturated rings. The maximum absolute atomic E-state index is 11.8. The van der Waals surface area contributed by atoms with Crippen molar-refractivity contribution in [1.29, 1.82) is 0 Å². The molecule has 4 heteroatoms. The summed E-state index contributed by atoms with van der Waals surface area (Å²) in [6, 6.07) is 3.98. The molecule has 0 aliphatic rings. The average Bonchev–Trinajstić information content (AvgIpc) is 2.64. The zero-order valence-electron chi connectivity index (χ0n) is 10.9. The molecule has 1 aromatic heterocycles. The van der Waals surface area contributed by atoms with Gasteiger partial charge >= 0.3 is 5.97 Å². The Morgan fingerprint density at radius 3 is 2.65 bits per heavy atom. The molecule has 3 nitrogen and oxygen atoms in total. The predicted octanol–water partition coefficient (Wildman–Crippen LogP) is 3.04. The number of carbonyl (C=O) groups excluding carboxylic acids is 1. The number of rotatable bonds is 5. The van der Waals surface area contributed by atoms with Crippen LogP contribution in [0.25, 0.3) is 0 Å². The molecule has 0 radical (unpaired) electrons. The maximum Gasteiger partial charge on any atom is 0.311 e. The molecule has 1 atom stereocenters. The van der Waals surface area contributed by atoms with E-state index in [1.807, 2.05) is 26.8 Å². The highest BCUT2D eigenvalue weighted by atomic mass is 32.1. The van der Waals surface area contributed by atoms with Crippen molar-refractivity contribution >= 4 is 17.3 Å². The van der Waals surface area contributed by atoms with E-state index in [9.17, 15) is 4.79 Å². The molecule has 96 valence electrons. The number of hydrogen-bond donors (Lipinski definition) is 1. The van der Waals surface area contributed by atoms with Crippen LogP contribution >= 0.6 is 11.3 Å². The van der Waals surface area contributed by atoms with Gasteiger partial charge in [-0.15, -0.1) is 11.3 Å². The second-order valence-corrected chi connectivity index (χ2v) is 6.18. The molecular formula is C13H21NO2S. The highest BCUT2D eigenvalue weighted by Gasteiger charge is 2.32. The molecule has 0 aliphatic heterocycles. The number of esters is 1. The number of aryl methyl sites for hydroxylation is 1. The quantitative estimate of drug-likeness (QED) is 0.823. The van der Waals surface area contributed by atoms with Crippen LogP contribution in [0.4, 0.5) is 0 Å². The van der Waals surface area contributed by atoms with Crippen LogP contribution in [0.3, 0.4) is 0 Å². The third-order valence-corrected chi connectivity index (χ3v) is 3.82. The fraction of sp³-hybridized carbons (Fsp3) is 0.615. The van der Waals surface area contributed by atoms with Crippen molar-refractivity contribution in [2.24, 2.45) is 11.1 Å². The van der Waals surface area contributed by atoms with E-state index < -0.39 is 5.41 Å². The standard InChI is InChI=1S/C13H21NO2S/c1-5-16-12(15)13(3,4)8-10(14)11-7-6-9(2)17-11/h6-7,10H,5,8,14H2,1-4H3. The molecule has 1 rings (SSSR count). The molecule has 1 unspecified atom stereocenters. The number of nitrogens with two attached hydrogens (primary N) is 1. The summed E-state index contributed by atoms with van der Waals surface area (Å²) in [6.45, 7) is 8.04. The molecule has 17 heavy (non-hydrogen) atoms. The zero-order valence-corrected chi connectivity index (χ0v) is 11.8. The second-order valence-electron chi connectivity index (χ2n) is 4.86. The lowest BCUT2D eigenvalue weighted by Crippen LogP contribution is -2.30. The fourth-order valence-electron chi connectivity index (χ4n) is 1.71. The van der Waals surface area contributed by atoms with Crippen molar-refractivity contribution in [3.8, 4) is 0 Å². The average molecular weight is 255 g/mol. The summed E-state index contributed by atoms with van der Waals surface area (Å²) in [5.74, 6) is -0.177. The lowest BCUT2D eigenvalue weighted by Gasteiger charge is -2.25. The van der Waals surface area contributed by atoms with Crippen molar-refractivity contribution in [3.05, 3.63) is 21.9 Å². The van der Waals surface area contributed by atoms with Gasteiger partial charge in [0.25, 0.3) is 0 Å². The Labute approximate surface area is 107 Å². The largest absolute Gasteiger partial charge is 0.466 e. The second kappa shape index (κ2) is 5.65. The summed E-state index contributed by atoms with van der Waals surface area (Å²) in [7, 11) is 0. The van der Waals surface area contributed by atoms with Gasteiger partial charge in [-0.2, -0.15) is 0 Å². The molecule has 0 saturated carbocycles. The highest BCUT2D eigenvalue weighted by molar-refractivity contribution is 7.12. The van der Waals surface area contributed by atoms with Gasteiger partial charge in [-0.25, -0.2) is 0 Å². The molecule has 0 aromatic carbocycles. The van der Waals surface area contributed by atoms with Crippen molar-refractivity contribution in [2.75, 3.05) is 6.61 Å². The van der Waals surface area contributed by atoms with E-state index in [1.165, 1.54) is 4.88 Å². The first-order chi connectivity index (χ1) is 7.86. The van der Waals surface area contributed by atoms with E-state index in [0.717, 1.165) is 4.88 Å². The van der Waals surface area contributed by atoms with Gasteiger partial charge in [-0.1, -0.05) is 0 Å². The minimum atomic E-state index is -0.534. The highest BCUT2D eigenvalue weighted by Crippen LogP contribution is 2.32. The van der Waals surface area contributed by atoms with Crippen molar-refractivity contribution in [1.82, 2.24) is 0 Å². The molecule has 1 heterocycles. The van der Waals surface area contributed by atoms with Crippen LogP contribution in [-0.2, 0) is 9.53 Å². The van der Waals surface area contributed by atoms with Crippen molar-refractivity contribution < 1.29 is 9.53 Å². The molecule has 0 aliphatic carbocycles. The maximum atomic E-state index is 11.8. The van der Waals surface area contributed by atoms with Gasteiger partial charge in [0.2, 0.25) is 0 Å². The number of thiophene rings is 1. The normalized spacial score (nSPS) is 13.5. The predicted molar refractivity (Wildman–Crippen MR) is 71.0 cm³/mol. The van der Waals surface area contributed by atoms with E-state index in [0.29, 0.717) is 13.0 Å². The van der Waals surface area contributed by atoms with Gasteiger partial charge < -0.3 is 10.5 Å². The van der Waals surface area contributed by atoms with Crippen molar-refractivity contribution in [2.45, 2.75) is 40.2 Å². The first-order valence-electron chi connectivity index (χ1n) is 5.86. The summed E-state index contributed by atoms with van der Waals surface area (Å²) in [4.78, 5) is 14.1. The smallest absolute Gasteiger partial charge is 0.311 e. The summed E-state index contributed by atoms with van der Waals surface area (Å²) >= 11 is 1.68. The monoisotopic (exact) mass is 255 g/mol. The molecule has 2 N–H and O–H groups in total. The van der Waals surface area contributed by atoms with Crippen LogP contribution in [0.5, 0.6) is 0 Å². The van der Waals surface area contributed by atoms with Crippen molar-refractivity contribution in [3.63, 3.8) is 0 Å². The summed E-state index contributed by atoms with van der Waals surface area (Å²) < 4.78 is 5.06. The Hall–Kier alpha value is -0.870. The van der Waals surface area contributed by atoms with Crippen LogP contribution in [-0.4, -0.2) is 12.6 Å². The molecule has 1 aromatic rings. The van der Waals surface area contributed by atoms with Gasteiger partial charge in [0.1, 0.15) is 0 Å². The summed E-state index contributed by atoms with van der Waals surface area (Å²) in [6.07, 6.45) is 0.603. The minimum absolute atomic E-state index is 0.104. The van der Waals surface area contributed by atoms with E-state index >= 15 is 0 Å². The van der Waals surface area contributed by atoms with E-state index in [1.54, 1.807) is 11.3 Å². The Morgan fingerprint density at radius 1 is 1.53 bits per heavy atom. The third kappa shape index (κ3) is 3.82. The Morgan fingerprint density at radius 2 is 2.18 bits per heavy atom. The first kappa shape index (κ1) is 14.2. The van der Waals surface area contributed by atoms with Gasteiger partial charge in [0, 0.05) is 15.8 Å². The third-order valence-electron chi connectivity index (χ3n) is 2.68. The van der Waals surface area contributed by atoms with Gasteiger partial charge in [-0.05, 0) is 46.2 Å². The lowest BCUT2D eigenvalue weighted by molar-refractivity contribution is -0.154. The number of carbonyl (C=O) groups is 1. The molecule has 0 amide bonds. The van der Waals surface area contributed by atoms with Gasteiger partial charge in [-0.3, -0.25) is 4.79 Å². The minimum Gasteiger partial charge on any atom is -0.466 e. The Balaban J connectivity index is 2.67. The first-order valence-corrected chi connectivity index (χ1v) is 6.67. The van der Waals surface area contributed by atoms with Crippen LogP contribution in [0.15, 0.2) is 12.1 Å². The Kier molecular flexibility index (Phi) is 4.71. The van der Waals surface area contributed by atoms with Crippen LogP contribution in [0.2, 0.25) is 0 Å². The Bertz CT molecular complexity index is 385. The van der Waals surface area contributed by atoms with E-state index in [2.05, 4.69) is 13.0 Å². The molecule has 0 saturated heterocycles. The SMILES string of the molecule is CCOC(=O)C(C)(C)CC(N)c1ccc(C)s1. The fourth-order valence-corrected chi connectivity index (χ4v) is 2.59.